The minimum Gasteiger partial charge on any atom is -0.394 e. The molecule has 3 atom stereocenters. The molecule has 0 saturated carbocycles. The van der Waals surface area contributed by atoms with Gasteiger partial charge in [0.15, 0.2) is 6.23 Å². The van der Waals surface area contributed by atoms with Crippen LogP contribution in [-0.2, 0) is 4.74 Å². The molecule has 0 aromatic carbocycles. The molecule has 0 radical (unpaired) electrons. The van der Waals surface area contributed by atoms with Crippen molar-refractivity contribution < 1.29 is 19.3 Å². The number of nitrogens with zero attached hydrogens (tertiary/aromatic N) is 3. The highest BCUT2D eigenvalue weighted by Crippen LogP contribution is 2.33. The zero-order valence-corrected chi connectivity index (χ0v) is 9.10. The Kier molecular flexibility index (Phi) is 3.36. The molecule has 0 bridgehead atoms. The van der Waals surface area contributed by atoms with Crippen molar-refractivity contribution in [2.24, 2.45) is 0 Å². The number of aromatic nitrogens is 3. The summed E-state index contributed by atoms with van der Waals surface area (Å²) >= 11 is 0. The van der Waals surface area contributed by atoms with Crippen LogP contribution in [0.4, 0.5) is 10.3 Å². The Morgan fingerprint density at radius 1 is 1.67 bits per heavy atom. The van der Waals surface area contributed by atoms with E-state index in [0.717, 1.165) is 10.9 Å². The molecule has 0 amide bonds. The van der Waals surface area contributed by atoms with Gasteiger partial charge in [-0.25, -0.2) is 14.2 Å². The Hall–Kier alpha value is -1.84. The fourth-order valence-corrected chi connectivity index (χ4v) is 1.68. The molecule has 9 heteroatoms. The molecule has 1 aliphatic rings. The topological polar surface area (TPSA) is 123 Å². The van der Waals surface area contributed by atoms with Crippen molar-refractivity contribution in [2.75, 3.05) is 12.3 Å². The normalized spacial score (nSPS) is 29.9. The standard InChI is InChI=1S/C9H11FN4O4/c10-1-4-6(16)5(2-15)18-7(4)14-3-12-8(11)13-9(14)17/h1,3,5-7,15-16H,2H2,(H2,11,13,17)/t5-,6+,7-/m1/s1. The number of aliphatic hydroxyl groups is 2. The fourth-order valence-electron chi connectivity index (χ4n) is 1.68. The summed E-state index contributed by atoms with van der Waals surface area (Å²) < 4.78 is 18.8. The van der Waals surface area contributed by atoms with Gasteiger partial charge in [-0.3, -0.25) is 4.57 Å². The lowest BCUT2D eigenvalue weighted by atomic mass is 10.1. The first-order chi connectivity index (χ1) is 8.58. The van der Waals surface area contributed by atoms with Gasteiger partial charge in [-0.05, 0) is 0 Å². The van der Waals surface area contributed by atoms with E-state index in [9.17, 15) is 14.3 Å². The second-order valence-corrected chi connectivity index (χ2v) is 3.67. The lowest BCUT2D eigenvalue weighted by molar-refractivity contribution is -0.0450. The van der Waals surface area contributed by atoms with E-state index >= 15 is 0 Å². The van der Waals surface area contributed by atoms with Crippen molar-refractivity contribution >= 4 is 5.95 Å². The average molecular weight is 258 g/mol. The molecule has 2 rings (SSSR count). The second-order valence-electron chi connectivity index (χ2n) is 3.67. The third-order valence-corrected chi connectivity index (χ3v) is 2.59. The number of halogens is 1. The number of hydrogen-bond acceptors (Lipinski definition) is 7. The molecular formula is C9H11FN4O4. The van der Waals surface area contributed by atoms with Crippen LogP contribution in [0, 0.1) is 0 Å². The van der Waals surface area contributed by atoms with Gasteiger partial charge in [-0.1, -0.05) is 0 Å². The molecule has 1 aromatic rings. The Balaban J connectivity index is 2.41. The maximum absolute atomic E-state index is 12.7. The van der Waals surface area contributed by atoms with E-state index in [1.807, 2.05) is 0 Å². The van der Waals surface area contributed by atoms with Crippen LogP contribution in [-0.4, -0.2) is 43.6 Å². The summed E-state index contributed by atoms with van der Waals surface area (Å²) in [5, 5.41) is 18.6. The molecule has 1 fully saturated rings. The lowest BCUT2D eigenvalue weighted by Gasteiger charge is -2.13. The summed E-state index contributed by atoms with van der Waals surface area (Å²) in [6.07, 6.45) is -2.38. The molecular weight excluding hydrogens is 247 g/mol. The first-order valence-electron chi connectivity index (χ1n) is 5.03. The van der Waals surface area contributed by atoms with Gasteiger partial charge in [0.25, 0.3) is 0 Å². The van der Waals surface area contributed by atoms with E-state index in [2.05, 4.69) is 9.97 Å². The number of nitrogens with two attached hydrogens (primary N) is 1. The number of rotatable bonds is 2. The Bertz CT molecular complexity index is 532. The first-order valence-corrected chi connectivity index (χ1v) is 5.03. The first kappa shape index (κ1) is 12.6. The molecule has 1 aliphatic heterocycles. The minimum atomic E-state index is -1.34. The lowest BCUT2D eigenvalue weighted by Crippen LogP contribution is -2.29. The molecule has 0 aliphatic carbocycles. The van der Waals surface area contributed by atoms with E-state index in [1.54, 1.807) is 0 Å². The third kappa shape index (κ3) is 1.98. The largest absolute Gasteiger partial charge is 0.394 e. The van der Waals surface area contributed by atoms with Gasteiger partial charge < -0.3 is 20.7 Å². The molecule has 2 heterocycles. The highest BCUT2D eigenvalue weighted by atomic mass is 19.1. The summed E-state index contributed by atoms with van der Waals surface area (Å²) in [5.74, 6) is -0.223. The van der Waals surface area contributed by atoms with Crippen LogP contribution in [0.15, 0.2) is 23.0 Å². The van der Waals surface area contributed by atoms with Gasteiger partial charge in [0, 0.05) is 5.57 Å². The second kappa shape index (κ2) is 4.80. The molecule has 98 valence electrons. The van der Waals surface area contributed by atoms with Crippen molar-refractivity contribution in [3.05, 3.63) is 28.7 Å². The van der Waals surface area contributed by atoms with E-state index < -0.39 is 30.7 Å². The summed E-state index contributed by atoms with van der Waals surface area (Å²) in [6.45, 7) is -0.514. The van der Waals surface area contributed by atoms with E-state index in [1.165, 1.54) is 0 Å². The maximum atomic E-state index is 12.7. The van der Waals surface area contributed by atoms with Crippen molar-refractivity contribution in [3.63, 3.8) is 0 Å². The van der Waals surface area contributed by atoms with Crippen LogP contribution >= 0.6 is 0 Å². The molecule has 4 N–H and O–H groups in total. The van der Waals surface area contributed by atoms with Crippen molar-refractivity contribution in [3.8, 4) is 0 Å². The number of hydrogen-bond donors (Lipinski definition) is 3. The zero-order chi connectivity index (χ0) is 13.3. The van der Waals surface area contributed by atoms with Crippen molar-refractivity contribution in [1.29, 1.82) is 0 Å². The van der Waals surface area contributed by atoms with Crippen molar-refractivity contribution in [1.82, 2.24) is 14.5 Å². The van der Waals surface area contributed by atoms with Crippen LogP contribution in [0.2, 0.25) is 0 Å². The van der Waals surface area contributed by atoms with E-state index in [4.69, 9.17) is 15.6 Å². The van der Waals surface area contributed by atoms with Crippen molar-refractivity contribution in [2.45, 2.75) is 18.4 Å². The summed E-state index contributed by atoms with van der Waals surface area (Å²) in [6, 6.07) is 0. The summed E-state index contributed by atoms with van der Waals surface area (Å²) in [5.41, 5.74) is 4.24. The quantitative estimate of drug-likeness (QED) is 0.579. The summed E-state index contributed by atoms with van der Waals surface area (Å²) in [7, 11) is 0. The van der Waals surface area contributed by atoms with Gasteiger partial charge in [0.1, 0.15) is 18.5 Å². The van der Waals surface area contributed by atoms with Gasteiger partial charge in [-0.15, -0.1) is 0 Å². The number of ether oxygens (including phenoxy) is 1. The number of aliphatic hydroxyl groups excluding tert-OH is 2. The number of nitrogen functional groups attached to an aromatic ring is 1. The average Bonchev–Trinajstić information content (AvgIpc) is 2.65. The predicted octanol–water partition coefficient (Wildman–Crippen LogP) is -1.68. The van der Waals surface area contributed by atoms with Gasteiger partial charge in [0.05, 0.1) is 12.9 Å². The molecule has 0 unspecified atom stereocenters. The zero-order valence-electron chi connectivity index (χ0n) is 9.10. The molecule has 0 spiro atoms. The van der Waals surface area contributed by atoms with Crippen LogP contribution < -0.4 is 11.4 Å². The SMILES string of the molecule is Nc1ncn([C@@H]2O[C@H](CO)[C@@H](O)C2=CF)c(=O)n1. The van der Waals surface area contributed by atoms with Gasteiger partial charge >= 0.3 is 5.69 Å². The van der Waals surface area contributed by atoms with Gasteiger partial charge in [-0.2, -0.15) is 4.98 Å². The Labute approximate surface area is 100 Å². The van der Waals surface area contributed by atoms with E-state index in [-0.39, 0.29) is 17.9 Å². The Morgan fingerprint density at radius 2 is 2.39 bits per heavy atom. The fraction of sp³-hybridized carbons (Fsp3) is 0.444. The summed E-state index contributed by atoms with van der Waals surface area (Å²) in [4.78, 5) is 18.5. The van der Waals surface area contributed by atoms with Crippen LogP contribution in [0.25, 0.3) is 0 Å². The predicted molar refractivity (Wildman–Crippen MR) is 56.9 cm³/mol. The van der Waals surface area contributed by atoms with Gasteiger partial charge in [0.2, 0.25) is 5.95 Å². The highest BCUT2D eigenvalue weighted by molar-refractivity contribution is 5.18. The van der Waals surface area contributed by atoms with Crippen LogP contribution in [0.5, 0.6) is 0 Å². The maximum Gasteiger partial charge on any atom is 0.354 e. The number of anilines is 1. The van der Waals surface area contributed by atoms with Crippen LogP contribution in [0.1, 0.15) is 6.23 Å². The van der Waals surface area contributed by atoms with E-state index in [0.29, 0.717) is 0 Å². The third-order valence-electron chi connectivity index (χ3n) is 2.59. The molecule has 8 nitrogen and oxygen atoms in total. The van der Waals surface area contributed by atoms with Crippen LogP contribution in [0.3, 0.4) is 0 Å². The molecule has 1 saturated heterocycles. The smallest absolute Gasteiger partial charge is 0.354 e. The Morgan fingerprint density at radius 3 is 2.94 bits per heavy atom. The minimum absolute atomic E-state index is 0.133. The molecule has 1 aromatic heterocycles. The monoisotopic (exact) mass is 258 g/mol. The molecule has 18 heavy (non-hydrogen) atoms. The highest BCUT2D eigenvalue weighted by Gasteiger charge is 2.40.